The molecule has 1 unspecified atom stereocenters. The fourth-order valence-corrected chi connectivity index (χ4v) is 2.71. The summed E-state index contributed by atoms with van der Waals surface area (Å²) in [6.07, 6.45) is -0.701. The molecule has 0 aliphatic carbocycles. The lowest BCUT2D eigenvalue weighted by molar-refractivity contribution is -0.347. The van der Waals surface area contributed by atoms with Crippen LogP contribution >= 0.6 is 0 Å². The summed E-state index contributed by atoms with van der Waals surface area (Å²) in [7, 11) is 0. The molecule has 1 saturated heterocycles. The molecule has 3 rings (SSSR count). The summed E-state index contributed by atoms with van der Waals surface area (Å²) in [5.74, 6) is 0. The van der Waals surface area contributed by atoms with Crippen LogP contribution in [0.2, 0.25) is 0 Å². The van der Waals surface area contributed by atoms with Crippen LogP contribution in [0.3, 0.4) is 0 Å². The van der Waals surface area contributed by atoms with Crippen molar-refractivity contribution in [1.82, 2.24) is 0 Å². The van der Waals surface area contributed by atoms with Crippen LogP contribution < -0.4 is 0 Å². The predicted molar refractivity (Wildman–Crippen MR) is 85.2 cm³/mol. The first-order chi connectivity index (χ1) is 11.1. The maximum Gasteiger partial charge on any atom is 0.486 e. The Morgan fingerprint density at radius 3 is 2.13 bits per heavy atom. The van der Waals surface area contributed by atoms with Crippen LogP contribution in [0, 0.1) is 0 Å². The minimum absolute atomic E-state index is 0.127. The zero-order chi connectivity index (χ0) is 16.3. The second kappa shape index (κ2) is 6.77. The average molecular weight is 318 g/mol. The molecule has 1 fully saturated rings. The lowest BCUT2D eigenvalue weighted by atomic mass is 10.00. The highest BCUT2D eigenvalue weighted by Gasteiger charge is 2.43. The van der Waals surface area contributed by atoms with E-state index in [9.17, 15) is 8.78 Å². The molecule has 1 atom stereocenters. The normalized spacial score (nSPS) is 19.9. The van der Waals surface area contributed by atoms with E-state index in [-0.39, 0.29) is 6.61 Å². The first-order valence-corrected chi connectivity index (χ1v) is 7.96. The number of hydrogen-bond acceptors (Lipinski definition) is 2. The van der Waals surface area contributed by atoms with E-state index in [1.807, 2.05) is 24.3 Å². The first-order valence-electron chi connectivity index (χ1n) is 7.96. The summed E-state index contributed by atoms with van der Waals surface area (Å²) in [4.78, 5) is 0. The van der Waals surface area contributed by atoms with Gasteiger partial charge in [-0.25, -0.2) is 0 Å². The van der Waals surface area contributed by atoms with Gasteiger partial charge in [-0.3, -0.25) is 9.47 Å². The largest absolute Gasteiger partial charge is 0.486 e. The van der Waals surface area contributed by atoms with Gasteiger partial charge in [0.2, 0.25) is 0 Å². The molecule has 2 aromatic carbocycles. The Balaban J connectivity index is 1.69. The van der Waals surface area contributed by atoms with Gasteiger partial charge in [0.15, 0.2) is 0 Å². The Kier molecular flexibility index (Phi) is 4.74. The van der Waals surface area contributed by atoms with Crippen molar-refractivity contribution in [2.45, 2.75) is 38.6 Å². The molecule has 0 N–H and O–H groups in total. The van der Waals surface area contributed by atoms with E-state index in [4.69, 9.17) is 0 Å². The van der Waals surface area contributed by atoms with E-state index in [0.29, 0.717) is 5.56 Å². The topological polar surface area (TPSA) is 18.5 Å². The number of aryl methyl sites for hydroxylation is 1. The SMILES string of the molecule is CCCCc1ccc(-c2ccc(C3COC(F)(F)O3)cc2)cc1. The zero-order valence-corrected chi connectivity index (χ0v) is 13.1. The highest BCUT2D eigenvalue weighted by molar-refractivity contribution is 5.64. The molecule has 1 aliphatic rings. The molecule has 4 heteroatoms. The highest BCUT2D eigenvalue weighted by Crippen LogP contribution is 2.35. The van der Waals surface area contributed by atoms with Gasteiger partial charge in [0.25, 0.3) is 0 Å². The Morgan fingerprint density at radius 2 is 1.61 bits per heavy atom. The number of alkyl halides is 2. The van der Waals surface area contributed by atoms with Gasteiger partial charge < -0.3 is 0 Å². The van der Waals surface area contributed by atoms with Gasteiger partial charge in [0.1, 0.15) is 6.10 Å². The van der Waals surface area contributed by atoms with E-state index in [0.717, 1.165) is 17.5 Å². The fourth-order valence-electron chi connectivity index (χ4n) is 2.71. The molecular formula is C19H20F2O2. The fraction of sp³-hybridized carbons (Fsp3) is 0.368. The Bertz CT molecular complexity index is 635. The molecule has 2 nitrogen and oxygen atoms in total. The third kappa shape index (κ3) is 3.95. The van der Waals surface area contributed by atoms with E-state index in [1.165, 1.54) is 18.4 Å². The van der Waals surface area contributed by atoms with Crippen molar-refractivity contribution in [3.63, 3.8) is 0 Å². The second-order valence-corrected chi connectivity index (χ2v) is 5.80. The summed E-state index contributed by atoms with van der Waals surface area (Å²) in [6, 6.07) is 16.0. The van der Waals surface area contributed by atoms with Crippen molar-refractivity contribution in [2.75, 3.05) is 6.61 Å². The van der Waals surface area contributed by atoms with Gasteiger partial charge in [0, 0.05) is 0 Å². The Labute approximate surface area is 135 Å². The Hall–Kier alpha value is -1.78. The summed E-state index contributed by atoms with van der Waals surface area (Å²) >= 11 is 0. The number of ether oxygens (including phenoxy) is 2. The molecule has 23 heavy (non-hydrogen) atoms. The van der Waals surface area contributed by atoms with Crippen LogP contribution in [0.15, 0.2) is 48.5 Å². The third-order valence-corrected chi connectivity index (χ3v) is 4.07. The minimum Gasteiger partial charge on any atom is -0.293 e. The van der Waals surface area contributed by atoms with Gasteiger partial charge in [0.05, 0.1) is 6.61 Å². The van der Waals surface area contributed by atoms with Crippen molar-refractivity contribution >= 4 is 0 Å². The summed E-state index contributed by atoms with van der Waals surface area (Å²) < 4.78 is 34.7. The molecule has 0 saturated carbocycles. The number of halogens is 2. The lowest BCUT2D eigenvalue weighted by Gasteiger charge is -2.11. The molecule has 0 amide bonds. The standard InChI is InChI=1S/C19H20F2O2/c1-2-3-4-14-5-7-15(8-6-14)16-9-11-17(12-10-16)18-13-22-19(20,21)23-18/h5-12,18H,2-4,13H2,1H3. The maximum atomic E-state index is 12.9. The summed E-state index contributed by atoms with van der Waals surface area (Å²) in [5.41, 5.74) is 4.21. The third-order valence-electron chi connectivity index (χ3n) is 4.07. The molecular weight excluding hydrogens is 298 g/mol. The van der Waals surface area contributed by atoms with Crippen molar-refractivity contribution in [2.24, 2.45) is 0 Å². The molecule has 0 bridgehead atoms. The lowest BCUT2D eigenvalue weighted by Crippen LogP contribution is -2.15. The highest BCUT2D eigenvalue weighted by atomic mass is 19.3. The van der Waals surface area contributed by atoms with Crippen molar-refractivity contribution in [3.8, 4) is 11.1 Å². The monoisotopic (exact) mass is 318 g/mol. The van der Waals surface area contributed by atoms with Gasteiger partial charge in [-0.2, -0.15) is 0 Å². The van der Waals surface area contributed by atoms with Crippen LogP contribution in [0.5, 0.6) is 0 Å². The number of unbranched alkanes of at least 4 members (excludes halogenated alkanes) is 1. The van der Waals surface area contributed by atoms with Crippen molar-refractivity contribution in [1.29, 1.82) is 0 Å². The number of hydrogen-bond donors (Lipinski definition) is 0. The van der Waals surface area contributed by atoms with E-state index in [1.54, 1.807) is 0 Å². The van der Waals surface area contributed by atoms with Crippen LogP contribution in [0.1, 0.15) is 37.0 Å². The van der Waals surface area contributed by atoms with Crippen LogP contribution in [0.4, 0.5) is 8.78 Å². The summed E-state index contributed by atoms with van der Waals surface area (Å²) in [5, 5.41) is 0. The first kappa shape index (κ1) is 16.1. The quantitative estimate of drug-likeness (QED) is 0.741. The van der Waals surface area contributed by atoms with Gasteiger partial charge in [-0.15, -0.1) is 8.78 Å². The van der Waals surface area contributed by atoms with Crippen LogP contribution in [-0.4, -0.2) is 12.9 Å². The number of benzene rings is 2. The molecule has 2 aromatic rings. The molecule has 0 radical (unpaired) electrons. The van der Waals surface area contributed by atoms with Gasteiger partial charge in [-0.05, 0) is 35.1 Å². The van der Waals surface area contributed by atoms with E-state index in [2.05, 4.69) is 40.7 Å². The van der Waals surface area contributed by atoms with Crippen LogP contribution in [-0.2, 0) is 15.9 Å². The zero-order valence-electron chi connectivity index (χ0n) is 13.1. The molecule has 1 aliphatic heterocycles. The molecule has 1 heterocycles. The smallest absolute Gasteiger partial charge is 0.293 e. The summed E-state index contributed by atoms with van der Waals surface area (Å²) in [6.45, 7) is 2.06. The Morgan fingerprint density at radius 1 is 1.00 bits per heavy atom. The molecule has 0 spiro atoms. The van der Waals surface area contributed by atoms with Crippen molar-refractivity contribution < 1.29 is 18.3 Å². The van der Waals surface area contributed by atoms with Crippen molar-refractivity contribution in [3.05, 3.63) is 59.7 Å². The van der Waals surface area contributed by atoms with Crippen LogP contribution in [0.25, 0.3) is 11.1 Å². The minimum atomic E-state index is -3.47. The average Bonchev–Trinajstić information content (AvgIpc) is 2.94. The predicted octanol–water partition coefficient (Wildman–Crippen LogP) is 5.33. The number of rotatable bonds is 5. The molecule has 0 aromatic heterocycles. The second-order valence-electron chi connectivity index (χ2n) is 5.80. The van der Waals surface area contributed by atoms with E-state index >= 15 is 0 Å². The van der Waals surface area contributed by atoms with E-state index < -0.39 is 12.4 Å². The van der Waals surface area contributed by atoms with Gasteiger partial charge in [-0.1, -0.05) is 61.9 Å². The molecule has 122 valence electrons. The maximum absolute atomic E-state index is 12.9. The van der Waals surface area contributed by atoms with Gasteiger partial charge >= 0.3 is 6.29 Å².